The van der Waals surface area contributed by atoms with E-state index in [-0.39, 0.29) is 17.9 Å². The lowest BCUT2D eigenvalue weighted by atomic mass is 10.2. The second-order valence-corrected chi connectivity index (χ2v) is 7.65. The zero-order valence-electron chi connectivity index (χ0n) is 16.4. The maximum absolute atomic E-state index is 12.5. The smallest absolute Gasteiger partial charge is 0.251 e. The van der Waals surface area contributed by atoms with Gasteiger partial charge in [0.05, 0.1) is 32.0 Å². The van der Waals surface area contributed by atoms with Crippen LogP contribution >= 0.6 is 23.4 Å². The van der Waals surface area contributed by atoms with Crippen LogP contribution in [0.4, 0.5) is 5.69 Å². The van der Waals surface area contributed by atoms with E-state index in [1.165, 1.54) is 32.0 Å². The van der Waals surface area contributed by atoms with E-state index < -0.39 is 0 Å². The van der Waals surface area contributed by atoms with Crippen LogP contribution in [0.2, 0.25) is 5.02 Å². The molecule has 2 N–H and O–H groups in total. The summed E-state index contributed by atoms with van der Waals surface area (Å²) < 4.78 is 10.4. The van der Waals surface area contributed by atoms with Crippen LogP contribution in [0.25, 0.3) is 0 Å². The molecule has 1 amide bonds. The van der Waals surface area contributed by atoms with Crippen LogP contribution in [-0.4, -0.2) is 30.1 Å². The average molecular weight is 446 g/mol. The number of carbonyl (C=O) groups excluding carboxylic acids is 1. The Morgan fingerprint density at radius 3 is 2.73 bits per heavy atom. The van der Waals surface area contributed by atoms with Gasteiger partial charge in [0.15, 0.2) is 5.16 Å². The number of aromatic nitrogens is 2. The molecule has 1 aromatic heterocycles. The molecule has 156 valence electrons. The lowest BCUT2D eigenvalue weighted by Gasteiger charge is -2.11. The topological polar surface area (TPSA) is 93.3 Å². The molecule has 1 heterocycles. The van der Waals surface area contributed by atoms with E-state index in [2.05, 4.69) is 15.3 Å². The molecule has 0 fully saturated rings. The quantitative estimate of drug-likeness (QED) is 0.403. The molecule has 3 aromatic rings. The summed E-state index contributed by atoms with van der Waals surface area (Å²) in [5.41, 5.74) is 1.53. The molecule has 3 rings (SSSR count). The van der Waals surface area contributed by atoms with E-state index >= 15 is 0 Å². The van der Waals surface area contributed by atoms with Crippen LogP contribution in [0.15, 0.2) is 58.5 Å². The molecule has 0 saturated heterocycles. The van der Waals surface area contributed by atoms with E-state index in [1.54, 1.807) is 24.3 Å². The summed E-state index contributed by atoms with van der Waals surface area (Å²) >= 11 is 7.36. The zero-order valence-corrected chi connectivity index (χ0v) is 18.0. The number of carbonyl (C=O) groups is 1. The molecule has 0 saturated carbocycles. The van der Waals surface area contributed by atoms with Crippen molar-refractivity contribution in [1.29, 1.82) is 0 Å². The highest BCUT2D eigenvalue weighted by Crippen LogP contribution is 2.29. The van der Waals surface area contributed by atoms with Crippen LogP contribution in [-0.2, 0) is 17.0 Å². The van der Waals surface area contributed by atoms with Crippen molar-refractivity contribution in [2.24, 2.45) is 0 Å². The number of hydrogen-bond donors (Lipinski definition) is 2. The minimum Gasteiger partial charge on any atom is -0.497 e. The fourth-order valence-electron chi connectivity index (χ4n) is 2.69. The van der Waals surface area contributed by atoms with Crippen molar-refractivity contribution in [3.8, 4) is 11.5 Å². The average Bonchev–Trinajstić information content (AvgIpc) is 2.71. The predicted molar refractivity (Wildman–Crippen MR) is 118 cm³/mol. The fraction of sp³-hybridized carbons (Fsp3) is 0.190. The third-order valence-corrected chi connectivity index (χ3v) is 5.24. The maximum Gasteiger partial charge on any atom is 0.251 e. The van der Waals surface area contributed by atoms with Crippen molar-refractivity contribution in [1.82, 2.24) is 9.97 Å². The van der Waals surface area contributed by atoms with Gasteiger partial charge in [-0.15, -0.1) is 0 Å². The number of H-pyrrole nitrogens is 1. The Kier molecular flexibility index (Phi) is 7.37. The molecule has 0 bridgehead atoms. The van der Waals surface area contributed by atoms with Gasteiger partial charge in [0, 0.05) is 22.9 Å². The van der Waals surface area contributed by atoms with Gasteiger partial charge in [-0.2, -0.15) is 0 Å². The normalized spacial score (nSPS) is 10.5. The fourth-order valence-corrected chi connectivity index (χ4v) is 3.74. The number of methoxy groups -OCH3 is 2. The van der Waals surface area contributed by atoms with Gasteiger partial charge in [0.2, 0.25) is 5.91 Å². The minimum absolute atomic E-state index is 0.0605. The lowest BCUT2D eigenvalue weighted by molar-refractivity contribution is -0.115. The van der Waals surface area contributed by atoms with Gasteiger partial charge in [-0.1, -0.05) is 35.5 Å². The Hall–Kier alpha value is -2.97. The zero-order chi connectivity index (χ0) is 21.5. The number of aromatic amines is 1. The van der Waals surface area contributed by atoms with E-state index in [9.17, 15) is 9.59 Å². The molecule has 7 nitrogen and oxygen atoms in total. The molecule has 2 aromatic carbocycles. The number of thioether (sulfide) groups is 1. The Morgan fingerprint density at radius 2 is 2.00 bits per heavy atom. The molecule has 0 spiro atoms. The minimum atomic E-state index is -0.328. The number of benzene rings is 2. The number of rotatable bonds is 8. The summed E-state index contributed by atoms with van der Waals surface area (Å²) in [4.78, 5) is 31.6. The summed E-state index contributed by atoms with van der Waals surface area (Å²) in [5.74, 6) is 1.34. The van der Waals surface area contributed by atoms with Crippen LogP contribution in [0.5, 0.6) is 11.5 Å². The second-order valence-electron chi connectivity index (χ2n) is 6.25. The molecule has 0 unspecified atom stereocenters. The third-order valence-electron chi connectivity index (χ3n) is 4.06. The number of hydrogen-bond acceptors (Lipinski definition) is 6. The summed E-state index contributed by atoms with van der Waals surface area (Å²) in [5, 5.41) is 3.85. The van der Waals surface area contributed by atoms with E-state index in [0.717, 1.165) is 5.56 Å². The van der Waals surface area contributed by atoms with Gasteiger partial charge < -0.3 is 19.8 Å². The van der Waals surface area contributed by atoms with E-state index in [4.69, 9.17) is 21.1 Å². The highest BCUT2D eigenvalue weighted by molar-refractivity contribution is 7.98. The summed E-state index contributed by atoms with van der Waals surface area (Å²) in [6.45, 7) is 0. The Morgan fingerprint density at radius 1 is 1.17 bits per heavy atom. The van der Waals surface area contributed by atoms with E-state index in [0.29, 0.717) is 38.8 Å². The van der Waals surface area contributed by atoms with Gasteiger partial charge in [0.1, 0.15) is 11.5 Å². The molecule has 30 heavy (non-hydrogen) atoms. The van der Waals surface area contributed by atoms with Crippen LogP contribution in [0.1, 0.15) is 11.3 Å². The lowest BCUT2D eigenvalue weighted by Crippen LogP contribution is -2.18. The molecule has 0 radical (unpaired) electrons. The van der Waals surface area contributed by atoms with E-state index in [1.807, 2.05) is 18.2 Å². The second kappa shape index (κ2) is 10.2. The third kappa shape index (κ3) is 6.01. The van der Waals surface area contributed by atoms with Crippen LogP contribution in [0.3, 0.4) is 0 Å². The highest BCUT2D eigenvalue weighted by Gasteiger charge is 2.12. The number of halogens is 1. The van der Waals surface area contributed by atoms with Crippen LogP contribution < -0.4 is 20.3 Å². The van der Waals surface area contributed by atoms with Crippen molar-refractivity contribution in [3.05, 3.63) is 75.2 Å². The molecule has 0 atom stereocenters. The van der Waals surface area contributed by atoms with Crippen molar-refractivity contribution < 1.29 is 14.3 Å². The summed E-state index contributed by atoms with van der Waals surface area (Å²) in [7, 11) is 3.05. The van der Waals surface area contributed by atoms with Crippen molar-refractivity contribution in [2.75, 3.05) is 19.5 Å². The summed E-state index contributed by atoms with van der Waals surface area (Å²) in [6, 6.07) is 13.9. The molecular weight excluding hydrogens is 426 g/mol. The standard InChI is InChI=1S/C21H20ClN3O4S/c1-28-16-6-7-18(29-2)17(11-16)24-19(26)9-15-10-20(27)25-21(23-15)30-12-13-4-3-5-14(22)8-13/h3-8,10-11H,9,12H2,1-2H3,(H,24,26)(H,23,25,27). The van der Waals surface area contributed by atoms with Crippen molar-refractivity contribution in [3.63, 3.8) is 0 Å². The first-order chi connectivity index (χ1) is 14.5. The number of nitrogens with zero attached hydrogens (tertiary/aromatic N) is 1. The predicted octanol–water partition coefficient (Wildman–Crippen LogP) is 3.91. The van der Waals surface area contributed by atoms with Gasteiger partial charge in [-0.3, -0.25) is 9.59 Å². The van der Waals surface area contributed by atoms with Gasteiger partial charge >= 0.3 is 0 Å². The largest absolute Gasteiger partial charge is 0.497 e. The van der Waals surface area contributed by atoms with Crippen molar-refractivity contribution in [2.45, 2.75) is 17.3 Å². The Labute approximate surface area is 182 Å². The van der Waals surface area contributed by atoms with Crippen molar-refractivity contribution >= 4 is 35.0 Å². The highest BCUT2D eigenvalue weighted by atomic mass is 35.5. The van der Waals surface area contributed by atoms with Gasteiger partial charge in [0.25, 0.3) is 5.56 Å². The Bertz CT molecular complexity index is 1100. The maximum atomic E-state index is 12.5. The number of amides is 1. The molecule has 0 aliphatic rings. The molecule has 0 aliphatic heterocycles. The van der Waals surface area contributed by atoms with Gasteiger partial charge in [-0.05, 0) is 29.8 Å². The Balaban J connectivity index is 1.69. The molecular formula is C21H20ClN3O4S. The molecule has 0 aliphatic carbocycles. The monoisotopic (exact) mass is 445 g/mol. The summed E-state index contributed by atoms with van der Waals surface area (Å²) in [6.07, 6.45) is -0.0605. The SMILES string of the molecule is COc1ccc(OC)c(NC(=O)Cc2cc(=O)[nH]c(SCc3cccc(Cl)c3)n2)c1. The first-order valence-corrected chi connectivity index (χ1v) is 10.3. The van der Waals surface area contributed by atoms with Gasteiger partial charge in [-0.25, -0.2) is 4.98 Å². The number of ether oxygens (including phenoxy) is 2. The van der Waals surface area contributed by atoms with Crippen LogP contribution in [0, 0.1) is 0 Å². The number of anilines is 1. The number of nitrogens with one attached hydrogen (secondary N) is 2. The first kappa shape index (κ1) is 21.7. The molecule has 9 heteroatoms. The first-order valence-electron chi connectivity index (χ1n) is 8.96.